The maximum absolute atomic E-state index is 13.3. The Bertz CT molecular complexity index is 1440. The highest BCUT2D eigenvalue weighted by molar-refractivity contribution is 7.89. The van der Waals surface area contributed by atoms with Gasteiger partial charge in [-0.1, -0.05) is 36.4 Å². The molecule has 0 spiro atoms. The Hall–Kier alpha value is -3.88. The molecule has 5 rings (SSSR count). The molecule has 2 saturated heterocycles. The smallest absolute Gasteiger partial charge is 0.475 e. The van der Waals surface area contributed by atoms with Crippen molar-refractivity contribution in [2.24, 2.45) is 17.0 Å². The van der Waals surface area contributed by atoms with E-state index in [0.717, 1.165) is 0 Å². The number of fused-ring (bicyclic) bond motifs is 5. The molecule has 2 fully saturated rings. The number of alkyl halides is 3. The summed E-state index contributed by atoms with van der Waals surface area (Å²) in [6, 6.07) is 13.6. The van der Waals surface area contributed by atoms with Gasteiger partial charge in [-0.2, -0.15) is 13.2 Å². The first kappa shape index (κ1) is 27.2. The molecule has 2 amide bonds. The molecule has 0 aromatic heterocycles. The van der Waals surface area contributed by atoms with E-state index in [1.807, 2.05) is 4.90 Å². The van der Waals surface area contributed by atoms with Gasteiger partial charge in [0.15, 0.2) is 5.78 Å². The first-order valence-corrected chi connectivity index (χ1v) is 12.6. The van der Waals surface area contributed by atoms with Crippen LogP contribution in [-0.2, 0) is 35.7 Å². The predicted octanol–water partition coefficient (Wildman–Crippen LogP) is 1.46. The van der Waals surface area contributed by atoms with Crippen LogP contribution in [0.3, 0.4) is 0 Å². The third-order valence-corrected chi connectivity index (χ3v) is 7.36. The molecule has 4 unspecified atom stereocenters. The van der Waals surface area contributed by atoms with Gasteiger partial charge >= 0.3 is 12.1 Å². The summed E-state index contributed by atoms with van der Waals surface area (Å²) >= 11 is 0. The number of nitrogens with two attached hydrogens (primary N) is 1. The molecule has 0 radical (unpaired) electrons. The van der Waals surface area contributed by atoms with Crippen LogP contribution in [0.4, 0.5) is 18.9 Å². The Morgan fingerprint density at radius 1 is 0.974 bits per heavy atom. The third-order valence-electron chi connectivity index (χ3n) is 6.44. The normalized spacial score (nSPS) is 24.7. The summed E-state index contributed by atoms with van der Waals surface area (Å²) in [5, 5.41) is 12.4. The number of amides is 2. The average Bonchev–Trinajstić information content (AvgIpc) is 3.22. The Balaban J connectivity index is 0.000000426. The lowest BCUT2D eigenvalue weighted by atomic mass is 9.90. The largest absolute Gasteiger partial charge is 0.490 e. The number of rotatable bonds is 4. The van der Waals surface area contributed by atoms with Gasteiger partial charge in [0.25, 0.3) is 0 Å². The van der Waals surface area contributed by atoms with Crippen molar-refractivity contribution in [3.05, 3.63) is 72.3 Å². The maximum Gasteiger partial charge on any atom is 0.490 e. The molecule has 3 N–H and O–H groups in total. The monoisotopic (exact) mass is 551 g/mol. The number of carbonyl (C=O) groups is 4. The first-order chi connectivity index (χ1) is 17.7. The number of carbonyl (C=O) groups excluding carboxylic acids is 3. The number of sulfonamides is 1. The Morgan fingerprint density at radius 2 is 1.58 bits per heavy atom. The summed E-state index contributed by atoms with van der Waals surface area (Å²) in [7, 11) is -3.87. The molecule has 0 saturated carbocycles. The van der Waals surface area contributed by atoms with Crippen molar-refractivity contribution in [1.29, 1.82) is 0 Å². The Morgan fingerprint density at radius 3 is 2.16 bits per heavy atom. The lowest BCUT2D eigenvalue weighted by Crippen LogP contribution is -2.48. The van der Waals surface area contributed by atoms with Crippen molar-refractivity contribution >= 4 is 39.3 Å². The molecule has 2 bridgehead atoms. The summed E-state index contributed by atoms with van der Waals surface area (Å²) in [5.74, 6) is -5.14. The van der Waals surface area contributed by atoms with Gasteiger partial charge in [-0.3, -0.25) is 19.3 Å². The van der Waals surface area contributed by atoms with Crippen molar-refractivity contribution < 1.29 is 45.9 Å². The van der Waals surface area contributed by atoms with Gasteiger partial charge in [0.05, 0.1) is 28.5 Å². The van der Waals surface area contributed by atoms with E-state index in [1.54, 1.807) is 48.5 Å². The Kier molecular flexibility index (Phi) is 6.99. The van der Waals surface area contributed by atoms with E-state index in [9.17, 15) is 36.0 Å². The molecule has 3 aliphatic rings. The zero-order valence-corrected chi connectivity index (χ0v) is 20.1. The van der Waals surface area contributed by atoms with E-state index < -0.39 is 46.1 Å². The molecule has 0 aliphatic carbocycles. The van der Waals surface area contributed by atoms with Crippen LogP contribution >= 0.6 is 0 Å². The summed E-state index contributed by atoms with van der Waals surface area (Å²) in [6.45, 7) is 0.216. The third kappa shape index (κ3) is 4.97. The molecular formula is C24H20F3N3O7S. The van der Waals surface area contributed by atoms with Gasteiger partial charge in [-0.15, -0.1) is 0 Å². The van der Waals surface area contributed by atoms with E-state index in [-0.39, 0.29) is 29.0 Å². The van der Waals surface area contributed by atoms with Gasteiger partial charge in [0.1, 0.15) is 0 Å². The molecule has 4 atom stereocenters. The van der Waals surface area contributed by atoms with Gasteiger partial charge in [-0.25, -0.2) is 23.3 Å². The fourth-order valence-electron chi connectivity index (χ4n) is 4.93. The number of anilines is 1. The summed E-state index contributed by atoms with van der Waals surface area (Å²) in [5.41, 5.74) is 1.12. The Labute approximate surface area is 214 Å². The van der Waals surface area contributed by atoms with Gasteiger partial charge in [-0.05, 0) is 35.9 Å². The molecule has 2 aromatic rings. The van der Waals surface area contributed by atoms with Crippen LogP contribution in [0.5, 0.6) is 0 Å². The lowest BCUT2D eigenvalue weighted by molar-refractivity contribution is -0.192. The van der Waals surface area contributed by atoms with E-state index in [0.29, 0.717) is 11.3 Å². The highest BCUT2D eigenvalue weighted by atomic mass is 32.2. The average molecular weight is 551 g/mol. The topological polar surface area (TPSA) is 155 Å². The number of para-hydroxylation sites is 1. The van der Waals surface area contributed by atoms with Gasteiger partial charge in [0, 0.05) is 12.6 Å². The number of aliphatic carboxylic acids is 1. The van der Waals surface area contributed by atoms with Crippen LogP contribution in [0, 0.1) is 11.8 Å². The molecule has 200 valence electrons. The highest BCUT2D eigenvalue weighted by Gasteiger charge is 2.64. The standard InChI is InChI=1S/C22H19N3O5S.C2HF3O2/c23-31(29,30)15-8-4-5-13(11-15)12-24-16-9-10-17(26)20(24)19-18(16)21(27)25(22(19)28)14-6-2-1-3-7-14;3-2(4,5)1(6)7/h1-11,16,18-20H,12H2,(H2,23,29,30);(H,6,7). The zero-order valence-electron chi connectivity index (χ0n) is 19.3. The number of primary sulfonamides is 1. The number of carboxylic acids is 1. The lowest BCUT2D eigenvalue weighted by Gasteiger charge is -2.33. The minimum Gasteiger partial charge on any atom is -0.475 e. The molecule has 2 aromatic carbocycles. The van der Waals surface area contributed by atoms with Crippen molar-refractivity contribution in [3.63, 3.8) is 0 Å². The number of imide groups is 1. The van der Waals surface area contributed by atoms with Crippen LogP contribution in [0.1, 0.15) is 5.56 Å². The summed E-state index contributed by atoms with van der Waals surface area (Å²) < 4.78 is 55.1. The molecule has 10 nitrogen and oxygen atoms in total. The minimum absolute atomic E-state index is 0.0289. The van der Waals surface area contributed by atoms with Crippen molar-refractivity contribution in [2.75, 3.05) is 4.90 Å². The molecule has 14 heteroatoms. The number of benzene rings is 2. The quantitative estimate of drug-likeness (QED) is 0.542. The van der Waals surface area contributed by atoms with Crippen LogP contribution < -0.4 is 10.0 Å². The first-order valence-electron chi connectivity index (χ1n) is 11.0. The van der Waals surface area contributed by atoms with E-state index in [2.05, 4.69) is 0 Å². The molecular weight excluding hydrogens is 531 g/mol. The van der Waals surface area contributed by atoms with Crippen molar-refractivity contribution in [2.45, 2.75) is 29.7 Å². The zero-order chi connectivity index (χ0) is 28.0. The maximum atomic E-state index is 13.3. The minimum atomic E-state index is -5.08. The van der Waals surface area contributed by atoms with Gasteiger partial charge < -0.3 is 5.11 Å². The molecule has 3 aliphatic heterocycles. The second-order valence-electron chi connectivity index (χ2n) is 8.76. The fourth-order valence-corrected chi connectivity index (χ4v) is 5.52. The van der Waals surface area contributed by atoms with Gasteiger partial charge in [0.2, 0.25) is 21.8 Å². The van der Waals surface area contributed by atoms with E-state index in [1.165, 1.54) is 23.1 Å². The number of hydrogen-bond acceptors (Lipinski definition) is 7. The fraction of sp³-hybridized carbons (Fsp3) is 0.250. The predicted molar refractivity (Wildman–Crippen MR) is 125 cm³/mol. The number of halogens is 3. The highest BCUT2D eigenvalue weighted by Crippen LogP contribution is 2.47. The van der Waals surface area contributed by atoms with Crippen LogP contribution in [0.25, 0.3) is 0 Å². The second kappa shape index (κ2) is 9.78. The summed E-state index contributed by atoms with van der Waals surface area (Å²) in [4.78, 5) is 51.2. The van der Waals surface area contributed by atoms with Crippen LogP contribution in [0.15, 0.2) is 71.6 Å². The van der Waals surface area contributed by atoms with Crippen LogP contribution in [-0.4, -0.2) is 60.3 Å². The second-order valence-corrected chi connectivity index (χ2v) is 10.3. The SMILES string of the molecule is NS(=O)(=O)c1cccc(CN2C3C=CC(=O)C2C2C(=O)N(c4ccccc4)C(=O)C23)c1.O=C(O)C(F)(F)F. The van der Waals surface area contributed by atoms with Crippen LogP contribution in [0.2, 0.25) is 0 Å². The number of nitrogens with zero attached hydrogens (tertiary/aromatic N) is 2. The molecule has 38 heavy (non-hydrogen) atoms. The summed E-state index contributed by atoms with van der Waals surface area (Å²) in [6.07, 6.45) is -1.97. The van der Waals surface area contributed by atoms with E-state index >= 15 is 0 Å². The number of ketones is 1. The van der Waals surface area contributed by atoms with Crippen molar-refractivity contribution in [1.82, 2.24) is 4.90 Å². The molecule has 3 heterocycles. The van der Waals surface area contributed by atoms with E-state index in [4.69, 9.17) is 15.0 Å². The van der Waals surface area contributed by atoms with Crippen molar-refractivity contribution in [3.8, 4) is 0 Å². The number of hydrogen-bond donors (Lipinski definition) is 2. The number of carboxylic acid groups (broad SMARTS) is 1.